The average Bonchev–Trinajstić information content (AvgIpc) is 2.92. The zero-order valence-electron chi connectivity index (χ0n) is 20.5. The summed E-state index contributed by atoms with van der Waals surface area (Å²) in [7, 11) is 3.02. The molecule has 0 aliphatic carbocycles. The van der Waals surface area contributed by atoms with E-state index in [1.807, 2.05) is 0 Å². The van der Waals surface area contributed by atoms with Crippen LogP contribution in [0.1, 0.15) is 5.56 Å². The lowest BCUT2D eigenvalue weighted by atomic mass is 10.2. The number of carbonyl (C=O) groups excluding carboxylic acids is 2. The minimum Gasteiger partial charge on any atom is -0.493 e. The Kier molecular flexibility index (Phi) is 7.97. The number of anilines is 2. The summed E-state index contributed by atoms with van der Waals surface area (Å²) in [4.78, 5) is 28.6. The van der Waals surface area contributed by atoms with Gasteiger partial charge in [-0.05, 0) is 30.3 Å². The van der Waals surface area contributed by atoms with Gasteiger partial charge in [0.2, 0.25) is 5.91 Å². The van der Waals surface area contributed by atoms with Gasteiger partial charge in [0.15, 0.2) is 23.1 Å². The molecule has 3 amide bonds. The van der Waals surface area contributed by atoms with Gasteiger partial charge in [-0.3, -0.25) is 15.1 Å². The normalized spacial score (nSPS) is 10.4. The minimum absolute atomic E-state index is 0.0802. The number of nitrogens with one attached hydrogen (secondary N) is 4. The Morgan fingerprint density at radius 2 is 1.74 bits per heavy atom. The molecule has 4 aromatic rings. The summed E-state index contributed by atoms with van der Waals surface area (Å²) >= 11 is 0. The van der Waals surface area contributed by atoms with Crippen molar-refractivity contribution in [2.45, 2.75) is 0 Å². The van der Waals surface area contributed by atoms with E-state index in [-0.39, 0.29) is 18.0 Å². The van der Waals surface area contributed by atoms with Crippen LogP contribution in [0, 0.1) is 11.2 Å². The molecule has 0 saturated carbocycles. The summed E-state index contributed by atoms with van der Waals surface area (Å²) in [5, 5.41) is 15.4. The number of carbonyl (C=O) groups is 2. The Hall–Kier alpha value is -5.19. The molecule has 194 valence electrons. The number of nitrogens with zero attached hydrogens (tertiary/aromatic N) is 1. The number of halogens is 1. The quantitative estimate of drug-likeness (QED) is 0.231. The average molecular weight is 518 g/mol. The Bertz CT molecular complexity index is 1510. The van der Waals surface area contributed by atoms with Gasteiger partial charge >= 0.3 is 6.03 Å². The smallest absolute Gasteiger partial charge is 0.325 e. The van der Waals surface area contributed by atoms with Crippen LogP contribution >= 0.6 is 0 Å². The molecular weight excluding hydrogens is 493 g/mol. The molecular formula is C27H24FN5O5. The molecule has 4 rings (SSSR count). The Morgan fingerprint density at radius 1 is 0.974 bits per heavy atom. The molecule has 0 unspecified atom stereocenters. The highest BCUT2D eigenvalue weighted by Gasteiger charge is 2.14. The zero-order chi connectivity index (χ0) is 27.1. The van der Waals surface area contributed by atoms with Gasteiger partial charge in [0.05, 0.1) is 26.3 Å². The van der Waals surface area contributed by atoms with Crippen LogP contribution in [0.5, 0.6) is 23.0 Å². The van der Waals surface area contributed by atoms with E-state index >= 15 is 0 Å². The van der Waals surface area contributed by atoms with E-state index in [0.717, 1.165) is 12.3 Å². The molecule has 38 heavy (non-hydrogen) atoms. The van der Waals surface area contributed by atoms with Gasteiger partial charge in [0.1, 0.15) is 5.75 Å². The number of benzene rings is 3. The first-order valence-electron chi connectivity index (χ1n) is 11.3. The van der Waals surface area contributed by atoms with E-state index in [9.17, 15) is 14.0 Å². The predicted octanol–water partition coefficient (Wildman–Crippen LogP) is 4.94. The number of urea groups is 1. The van der Waals surface area contributed by atoms with E-state index in [0.29, 0.717) is 39.4 Å². The van der Waals surface area contributed by atoms with Crippen LogP contribution in [0.4, 0.5) is 20.6 Å². The minimum atomic E-state index is -0.827. The van der Waals surface area contributed by atoms with E-state index in [2.05, 4.69) is 20.9 Å². The lowest BCUT2D eigenvalue weighted by Crippen LogP contribution is -2.38. The Balaban J connectivity index is 1.40. The lowest BCUT2D eigenvalue weighted by Gasteiger charge is -2.13. The van der Waals surface area contributed by atoms with Crippen molar-refractivity contribution >= 4 is 40.4 Å². The molecule has 1 heterocycles. The number of imide groups is 1. The van der Waals surface area contributed by atoms with Gasteiger partial charge in [-0.1, -0.05) is 18.2 Å². The second-order valence-electron chi connectivity index (χ2n) is 7.87. The molecule has 4 N–H and O–H groups in total. The van der Waals surface area contributed by atoms with E-state index in [4.69, 9.17) is 19.6 Å². The number of pyridine rings is 1. The van der Waals surface area contributed by atoms with Gasteiger partial charge < -0.3 is 30.3 Å². The molecule has 0 atom stereocenters. The maximum Gasteiger partial charge on any atom is 0.325 e. The maximum atomic E-state index is 14.8. The van der Waals surface area contributed by atoms with Crippen molar-refractivity contribution in [3.05, 3.63) is 78.2 Å². The number of rotatable bonds is 9. The number of para-hydroxylation sites is 1. The van der Waals surface area contributed by atoms with Crippen LogP contribution in [0.2, 0.25) is 0 Å². The first kappa shape index (κ1) is 25.9. The zero-order valence-corrected chi connectivity index (χ0v) is 20.5. The van der Waals surface area contributed by atoms with E-state index in [1.54, 1.807) is 42.5 Å². The molecule has 0 aliphatic rings. The standard InChI is InChI=1S/C27H24FN5O5/c1-36-24-12-18-21(13-25(24)37-2)30-10-9-22(18)38-23-8-7-17(11-19(23)28)32-27(35)33-26(34)15-31-20-6-4-3-5-16(20)14-29/h3-14,29,31H,15H2,1-2H3,(H2,32,33,34,35). The molecule has 3 aromatic carbocycles. The Morgan fingerprint density at radius 3 is 2.47 bits per heavy atom. The predicted molar refractivity (Wildman–Crippen MR) is 141 cm³/mol. The summed E-state index contributed by atoms with van der Waals surface area (Å²) in [5.41, 5.74) is 1.86. The second kappa shape index (κ2) is 11.7. The number of ether oxygens (including phenoxy) is 3. The van der Waals surface area contributed by atoms with Gasteiger partial charge in [0, 0.05) is 46.9 Å². The molecule has 1 aromatic heterocycles. The third kappa shape index (κ3) is 5.95. The number of amides is 3. The van der Waals surface area contributed by atoms with Gasteiger partial charge in [-0.15, -0.1) is 0 Å². The summed E-state index contributed by atoms with van der Waals surface area (Å²) in [6, 6.07) is 15.0. The van der Waals surface area contributed by atoms with E-state index < -0.39 is 17.8 Å². The van der Waals surface area contributed by atoms with Crippen LogP contribution < -0.4 is 30.2 Å². The van der Waals surface area contributed by atoms with Crippen molar-refractivity contribution in [2.24, 2.45) is 0 Å². The molecule has 0 fully saturated rings. The SMILES string of the molecule is COc1cc2nccc(Oc3ccc(NC(=O)NC(=O)CNc4ccccc4C=N)cc3F)c2cc1OC. The highest BCUT2D eigenvalue weighted by molar-refractivity contribution is 6.02. The fraction of sp³-hybridized carbons (Fsp3) is 0.111. The summed E-state index contributed by atoms with van der Waals surface area (Å²) < 4.78 is 31.3. The van der Waals surface area contributed by atoms with Crippen LogP contribution in [0.25, 0.3) is 10.9 Å². The monoisotopic (exact) mass is 517 g/mol. The molecule has 0 radical (unpaired) electrons. The van der Waals surface area contributed by atoms with Crippen molar-refractivity contribution in [2.75, 3.05) is 31.4 Å². The number of methoxy groups -OCH3 is 2. The fourth-order valence-electron chi connectivity index (χ4n) is 3.61. The molecule has 0 spiro atoms. The Labute approximate surface area is 217 Å². The number of aromatic nitrogens is 1. The molecule has 10 nitrogen and oxygen atoms in total. The van der Waals surface area contributed by atoms with Crippen molar-refractivity contribution in [1.29, 1.82) is 5.41 Å². The number of hydrogen-bond donors (Lipinski definition) is 4. The molecule has 0 aliphatic heterocycles. The van der Waals surface area contributed by atoms with Crippen LogP contribution in [0.3, 0.4) is 0 Å². The summed E-state index contributed by atoms with van der Waals surface area (Å²) in [6.07, 6.45) is 2.68. The highest BCUT2D eigenvalue weighted by atomic mass is 19.1. The van der Waals surface area contributed by atoms with Crippen LogP contribution in [-0.4, -0.2) is 43.9 Å². The highest BCUT2D eigenvalue weighted by Crippen LogP contribution is 2.37. The second-order valence-corrected chi connectivity index (χ2v) is 7.87. The van der Waals surface area contributed by atoms with Crippen molar-refractivity contribution in [3.8, 4) is 23.0 Å². The summed E-state index contributed by atoms with van der Waals surface area (Å²) in [6.45, 7) is -0.198. The molecule has 11 heteroatoms. The lowest BCUT2D eigenvalue weighted by molar-refractivity contribution is -0.118. The largest absolute Gasteiger partial charge is 0.493 e. The van der Waals surface area contributed by atoms with Gasteiger partial charge in [-0.2, -0.15) is 0 Å². The number of hydrogen-bond acceptors (Lipinski definition) is 8. The third-order valence-corrected chi connectivity index (χ3v) is 5.43. The van der Waals surface area contributed by atoms with Gasteiger partial charge in [-0.25, -0.2) is 9.18 Å². The van der Waals surface area contributed by atoms with Crippen LogP contribution in [-0.2, 0) is 4.79 Å². The first-order valence-corrected chi connectivity index (χ1v) is 11.3. The maximum absolute atomic E-state index is 14.8. The topological polar surface area (TPSA) is 135 Å². The van der Waals surface area contributed by atoms with Crippen molar-refractivity contribution < 1.29 is 28.2 Å². The van der Waals surface area contributed by atoms with E-state index in [1.165, 1.54) is 32.5 Å². The molecule has 0 bridgehead atoms. The first-order chi connectivity index (χ1) is 18.4. The van der Waals surface area contributed by atoms with Crippen molar-refractivity contribution in [3.63, 3.8) is 0 Å². The number of fused-ring (bicyclic) bond motifs is 1. The fourth-order valence-corrected chi connectivity index (χ4v) is 3.61. The summed E-state index contributed by atoms with van der Waals surface area (Å²) in [5.74, 6) is -0.120. The van der Waals surface area contributed by atoms with Gasteiger partial charge in [0.25, 0.3) is 0 Å². The third-order valence-electron chi connectivity index (χ3n) is 5.43. The molecule has 0 saturated heterocycles. The van der Waals surface area contributed by atoms with Crippen LogP contribution in [0.15, 0.2) is 66.9 Å². The van der Waals surface area contributed by atoms with Crippen molar-refractivity contribution in [1.82, 2.24) is 10.3 Å².